The first-order valence-electron chi connectivity index (χ1n) is 6.19. The van der Waals surface area contributed by atoms with Crippen LogP contribution < -0.4 is 5.32 Å². The van der Waals surface area contributed by atoms with Crippen LogP contribution >= 0.6 is 0 Å². The molecule has 0 aliphatic rings. The van der Waals surface area contributed by atoms with E-state index in [0.717, 1.165) is 32.0 Å². The zero-order valence-electron chi connectivity index (χ0n) is 10.6. The molecular weight excluding hydrogens is 212 g/mol. The van der Waals surface area contributed by atoms with Crippen molar-refractivity contribution in [1.82, 2.24) is 19.4 Å². The molecule has 2 aromatic heterocycles. The molecule has 0 radical (unpaired) electrons. The number of hydrogen-bond donors (Lipinski definition) is 1. The van der Waals surface area contributed by atoms with Crippen LogP contribution in [-0.4, -0.2) is 20.7 Å². The molecule has 92 valence electrons. The average molecular weight is 232 g/mol. The topological polar surface area (TPSA) is 34.8 Å². The van der Waals surface area contributed by atoms with Crippen LogP contribution in [0.25, 0.3) is 0 Å². The monoisotopic (exact) mass is 232 g/mol. The van der Waals surface area contributed by atoms with Crippen molar-refractivity contribution < 1.29 is 0 Å². The normalized spacial score (nSPS) is 10.9. The third kappa shape index (κ3) is 2.77. The van der Waals surface area contributed by atoms with E-state index in [4.69, 9.17) is 0 Å². The molecule has 4 heteroatoms. The van der Waals surface area contributed by atoms with Gasteiger partial charge in [0.1, 0.15) is 5.82 Å². The van der Waals surface area contributed by atoms with Gasteiger partial charge in [0.15, 0.2) is 0 Å². The smallest absolute Gasteiger partial charge is 0.128 e. The molecule has 0 aliphatic carbocycles. The van der Waals surface area contributed by atoms with E-state index < -0.39 is 0 Å². The molecule has 0 atom stereocenters. The Morgan fingerprint density at radius 2 is 2.12 bits per heavy atom. The van der Waals surface area contributed by atoms with Crippen LogP contribution in [-0.2, 0) is 19.6 Å². The Labute approximate surface area is 102 Å². The fraction of sp³-hybridized carbons (Fsp3) is 0.462. The van der Waals surface area contributed by atoms with Gasteiger partial charge in [-0.2, -0.15) is 0 Å². The molecule has 0 aromatic carbocycles. The van der Waals surface area contributed by atoms with Crippen LogP contribution in [0.15, 0.2) is 30.7 Å². The molecule has 4 nitrogen and oxygen atoms in total. The van der Waals surface area contributed by atoms with Gasteiger partial charge in [-0.1, -0.05) is 6.92 Å². The molecule has 0 saturated carbocycles. The van der Waals surface area contributed by atoms with Gasteiger partial charge in [0.25, 0.3) is 0 Å². The SMILES string of the molecule is CCNCc1cccn1Cc1nccn1CC. The first-order chi connectivity index (χ1) is 8.35. The Balaban J connectivity index is 2.10. The zero-order chi connectivity index (χ0) is 12.1. The van der Waals surface area contributed by atoms with Gasteiger partial charge in [-0.3, -0.25) is 0 Å². The van der Waals surface area contributed by atoms with E-state index in [1.54, 1.807) is 0 Å². The van der Waals surface area contributed by atoms with Crippen LogP contribution in [0.4, 0.5) is 0 Å². The summed E-state index contributed by atoms with van der Waals surface area (Å²) < 4.78 is 4.42. The highest BCUT2D eigenvalue weighted by atomic mass is 15.1. The molecular formula is C13H20N4. The van der Waals surface area contributed by atoms with Gasteiger partial charge >= 0.3 is 0 Å². The van der Waals surface area contributed by atoms with E-state index >= 15 is 0 Å². The maximum Gasteiger partial charge on any atom is 0.128 e. The van der Waals surface area contributed by atoms with Crippen molar-refractivity contribution in [1.29, 1.82) is 0 Å². The minimum Gasteiger partial charge on any atom is -0.343 e. The predicted molar refractivity (Wildman–Crippen MR) is 68.8 cm³/mol. The Hall–Kier alpha value is -1.55. The predicted octanol–water partition coefficient (Wildman–Crippen LogP) is 1.86. The summed E-state index contributed by atoms with van der Waals surface area (Å²) in [6.07, 6.45) is 6.01. The summed E-state index contributed by atoms with van der Waals surface area (Å²) in [6, 6.07) is 4.24. The highest BCUT2D eigenvalue weighted by molar-refractivity contribution is 5.09. The van der Waals surface area contributed by atoms with Crippen molar-refractivity contribution in [2.75, 3.05) is 6.54 Å². The molecule has 17 heavy (non-hydrogen) atoms. The van der Waals surface area contributed by atoms with Crippen molar-refractivity contribution in [3.63, 3.8) is 0 Å². The summed E-state index contributed by atoms with van der Waals surface area (Å²) in [4.78, 5) is 4.41. The first-order valence-corrected chi connectivity index (χ1v) is 6.19. The van der Waals surface area contributed by atoms with Gasteiger partial charge in [-0.15, -0.1) is 0 Å². The quantitative estimate of drug-likeness (QED) is 0.825. The van der Waals surface area contributed by atoms with Crippen molar-refractivity contribution in [2.45, 2.75) is 33.5 Å². The lowest BCUT2D eigenvalue weighted by Crippen LogP contribution is -2.16. The lowest BCUT2D eigenvalue weighted by atomic mass is 10.4. The van der Waals surface area contributed by atoms with Crippen molar-refractivity contribution >= 4 is 0 Å². The Kier molecular flexibility index (Phi) is 3.98. The van der Waals surface area contributed by atoms with Gasteiger partial charge in [0, 0.05) is 37.4 Å². The minimum atomic E-state index is 0.842. The maximum atomic E-state index is 4.41. The molecule has 0 bridgehead atoms. The average Bonchev–Trinajstić information content (AvgIpc) is 2.96. The molecule has 2 heterocycles. The summed E-state index contributed by atoms with van der Waals surface area (Å²) in [5.41, 5.74) is 1.30. The van der Waals surface area contributed by atoms with E-state index in [2.05, 4.69) is 51.6 Å². The highest BCUT2D eigenvalue weighted by Crippen LogP contribution is 2.07. The second-order valence-corrected chi connectivity index (χ2v) is 4.04. The molecule has 0 spiro atoms. The molecule has 2 rings (SSSR count). The highest BCUT2D eigenvalue weighted by Gasteiger charge is 2.05. The number of nitrogens with zero attached hydrogens (tertiary/aromatic N) is 3. The Bertz CT molecular complexity index is 455. The Morgan fingerprint density at radius 1 is 1.24 bits per heavy atom. The standard InChI is InChI=1S/C13H20N4/c1-3-14-10-12-6-5-8-17(12)11-13-15-7-9-16(13)4-2/h5-9,14H,3-4,10-11H2,1-2H3. The molecule has 0 fully saturated rings. The Morgan fingerprint density at radius 3 is 2.88 bits per heavy atom. The van der Waals surface area contributed by atoms with Gasteiger partial charge in [0.2, 0.25) is 0 Å². The fourth-order valence-corrected chi connectivity index (χ4v) is 1.95. The maximum absolute atomic E-state index is 4.41. The molecule has 1 N–H and O–H groups in total. The lowest BCUT2D eigenvalue weighted by molar-refractivity contribution is 0.613. The van der Waals surface area contributed by atoms with Crippen molar-refractivity contribution in [2.24, 2.45) is 0 Å². The van der Waals surface area contributed by atoms with Crippen molar-refractivity contribution in [3.8, 4) is 0 Å². The van der Waals surface area contributed by atoms with E-state index in [1.807, 2.05) is 12.4 Å². The van der Waals surface area contributed by atoms with E-state index in [1.165, 1.54) is 5.69 Å². The molecule has 0 aliphatic heterocycles. The van der Waals surface area contributed by atoms with E-state index in [-0.39, 0.29) is 0 Å². The molecule has 0 saturated heterocycles. The minimum absolute atomic E-state index is 0.842. The van der Waals surface area contributed by atoms with E-state index in [9.17, 15) is 0 Å². The molecule has 2 aromatic rings. The third-order valence-corrected chi connectivity index (χ3v) is 2.93. The summed E-state index contributed by atoms with van der Waals surface area (Å²) in [5.74, 6) is 1.11. The number of rotatable bonds is 6. The summed E-state index contributed by atoms with van der Waals surface area (Å²) >= 11 is 0. The zero-order valence-corrected chi connectivity index (χ0v) is 10.6. The summed E-state index contributed by atoms with van der Waals surface area (Å²) in [5, 5.41) is 3.35. The second-order valence-electron chi connectivity index (χ2n) is 4.04. The summed E-state index contributed by atoms with van der Waals surface area (Å²) in [7, 11) is 0. The van der Waals surface area contributed by atoms with Crippen LogP contribution in [0, 0.1) is 0 Å². The van der Waals surface area contributed by atoms with E-state index in [0.29, 0.717) is 0 Å². The number of aryl methyl sites for hydroxylation is 1. The largest absolute Gasteiger partial charge is 0.343 e. The third-order valence-electron chi connectivity index (χ3n) is 2.93. The van der Waals surface area contributed by atoms with Crippen LogP contribution in [0.3, 0.4) is 0 Å². The van der Waals surface area contributed by atoms with Crippen LogP contribution in [0.2, 0.25) is 0 Å². The number of nitrogens with one attached hydrogen (secondary N) is 1. The number of imidazole rings is 1. The van der Waals surface area contributed by atoms with Crippen LogP contribution in [0.1, 0.15) is 25.4 Å². The van der Waals surface area contributed by atoms with Gasteiger partial charge < -0.3 is 14.5 Å². The second kappa shape index (κ2) is 5.68. The fourth-order valence-electron chi connectivity index (χ4n) is 1.95. The van der Waals surface area contributed by atoms with Gasteiger partial charge in [-0.05, 0) is 25.6 Å². The number of hydrogen-bond acceptors (Lipinski definition) is 2. The molecule has 0 amide bonds. The summed E-state index contributed by atoms with van der Waals surface area (Å²) in [6.45, 7) is 7.98. The van der Waals surface area contributed by atoms with Crippen molar-refractivity contribution in [3.05, 3.63) is 42.2 Å². The van der Waals surface area contributed by atoms with Gasteiger partial charge in [0.05, 0.1) is 6.54 Å². The molecule has 0 unspecified atom stereocenters. The lowest BCUT2D eigenvalue weighted by Gasteiger charge is -2.10. The first kappa shape index (κ1) is 11.9. The van der Waals surface area contributed by atoms with Gasteiger partial charge in [-0.25, -0.2) is 4.98 Å². The number of aromatic nitrogens is 3. The van der Waals surface area contributed by atoms with Crippen LogP contribution in [0.5, 0.6) is 0 Å².